The number of carbonyl (C=O) groups is 2. The first-order valence-corrected chi connectivity index (χ1v) is 8.21. The first-order chi connectivity index (χ1) is 9.29. The molecular formula is C12H13ClN2O4S. The van der Waals surface area contributed by atoms with E-state index in [9.17, 15) is 18.0 Å². The highest BCUT2D eigenvalue weighted by atomic mass is 35.7. The number of carbonyl (C=O) groups excluding carboxylic acids is 2. The zero-order valence-electron chi connectivity index (χ0n) is 10.7. The molecule has 1 heterocycles. The standard InChI is InChI=1S/C12H13ClN2O4S/c1-15(10-5-6-11(16)14-12(10)17)8-3-2-4-9(7-8)20(13,18)19/h2-4,7,10H,5-6H2,1H3,(H,14,16,17). The lowest BCUT2D eigenvalue weighted by molar-refractivity contribution is -0.134. The van der Waals surface area contributed by atoms with E-state index < -0.39 is 15.1 Å². The van der Waals surface area contributed by atoms with Crippen molar-refractivity contribution >= 4 is 37.2 Å². The number of nitrogens with one attached hydrogen (secondary N) is 1. The molecule has 6 nitrogen and oxygen atoms in total. The Balaban J connectivity index is 2.27. The SMILES string of the molecule is CN(c1cccc(S(=O)(=O)Cl)c1)C1CCC(=O)NC1=O. The average molecular weight is 317 g/mol. The number of hydrogen-bond donors (Lipinski definition) is 1. The molecule has 1 aromatic carbocycles. The van der Waals surface area contributed by atoms with E-state index in [0.717, 1.165) is 0 Å². The molecule has 20 heavy (non-hydrogen) atoms. The van der Waals surface area contributed by atoms with E-state index in [2.05, 4.69) is 5.32 Å². The zero-order valence-corrected chi connectivity index (χ0v) is 12.2. The molecule has 1 aromatic rings. The van der Waals surface area contributed by atoms with Gasteiger partial charge in [0, 0.05) is 29.8 Å². The van der Waals surface area contributed by atoms with Crippen LogP contribution in [0.3, 0.4) is 0 Å². The second-order valence-electron chi connectivity index (χ2n) is 4.51. The lowest BCUT2D eigenvalue weighted by atomic mass is 10.0. The molecular weight excluding hydrogens is 304 g/mol. The summed E-state index contributed by atoms with van der Waals surface area (Å²) in [6.07, 6.45) is 0.646. The third kappa shape index (κ3) is 3.10. The highest BCUT2D eigenvalue weighted by molar-refractivity contribution is 8.13. The summed E-state index contributed by atoms with van der Waals surface area (Å²) in [7, 11) is 3.14. The molecule has 1 saturated heterocycles. The molecule has 0 aliphatic carbocycles. The van der Waals surface area contributed by atoms with Crippen molar-refractivity contribution in [3.05, 3.63) is 24.3 Å². The van der Waals surface area contributed by atoms with Crippen molar-refractivity contribution in [2.24, 2.45) is 0 Å². The van der Waals surface area contributed by atoms with Gasteiger partial charge in [-0.05, 0) is 24.6 Å². The Morgan fingerprint density at radius 1 is 1.35 bits per heavy atom. The predicted molar refractivity (Wildman–Crippen MR) is 74.1 cm³/mol. The molecule has 108 valence electrons. The largest absolute Gasteiger partial charge is 0.363 e. The number of amides is 2. The van der Waals surface area contributed by atoms with Crippen LogP contribution >= 0.6 is 10.7 Å². The number of rotatable bonds is 3. The quantitative estimate of drug-likeness (QED) is 0.660. The van der Waals surface area contributed by atoms with Gasteiger partial charge >= 0.3 is 0 Å². The van der Waals surface area contributed by atoms with Gasteiger partial charge in [0.15, 0.2) is 0 Å². The lowest BCUT2D eigenvalue weighted by Gasteiger charge is -2.31. The second kappa shape index (κ2) is 5.41. The minimum absolute atomic E-state index is 0.0317. The molecule has 0 aromatic heterocycles. The number of imide groups is 1. The Bertz CT molecular complexity index is 659. The maximum Gasteiger partial charge on any atom is 0.261 e. The summed E-state index contributed by atoms with van der Waals surface area (Å²) in [4.78, 5) is 24.5. The number of halogens is 1. The third-order valence-electron chi connectivity index (χ3n) is 3.18. The highest BCUT2D eigenvalue weighted by Crippen LogP contribution is 2.24. The molecule has 1 N–H and O–H groups in total. The van der Waals surface area contributed by atoms with E-state index in [1.165, 1.54) is 12.1 Å². The Labute approximate surface area is 121 Å². The summed E-state index contributed by atoms with van der Waals surface area (Å²) in [5.74, 6) is -0.681. The summed E-state index contributed by atoms with van der Waals surface area (Å²) in [5, 5.41) is 2.26. The van der Waals surface area contributed by atoms with Crippen LogP contribution in [0.5, 0.6) is 0 Å². The first kappa shape index (κ1) is 14.8. The van der Waals surface area contributed by atoms with Crippen LogP contribution in [0.1, 0.15) is 12.8 Å². The number of nitrogens with zero attached hydrogens (tertiary/aromatic N) is 1. The molecule has 1 atom stereocenters. The van der Waals surface area contributed by atoms with Crippen LogP contribution in [-0.4, -0.2) is 33.3 Å². The summed E-state index contributed by atoms with van der Waals surface area (Å²) in [6, 6.07) is 5.49. The molecule has 2 rings (SSSR count). The van der Waals surface area contributed by atoms with Gasteiger partial charge in [-0.25, -0.2) is 8.42 Å². The van der Waals surface area contributed by atoms with Crippen molar-refractivity contribution in [3.63, 3.8) is 0 Å². The normalized spacial score (nSPS) is 19.6. The third-order valence-corrected chi connectivity index (χ3v) is 4.54. The maximum atomic E-state index is 11.8. The van der Waals surface area contributed by atoms with E-state index >= 15 is 0 Å². The van der Waals surface area contributed by atoms with Crippen LogP contribution in [0.25, 0.3) is 0 Å². The van der Waals surface area contributed by atoms with Gasteiger partial charge in [0.1, 0.15) is 6.04 Å². The number of anilines is 1. The van der Waals surface area contributed by atoms with E-state index in [-0.39, 0.29) is 23.1 Å². The molecule has 1 aliphatic heterocycles. The number of hydrogen-bond acceptors (Lipinski definition) is 5. The van der Waals surface area contributed by atoms with Crippen molar-refractivity contribution in [1.29, 1.82) is 0 Å². The number of likely N-dealkylation sites (N-methyl/N-ethyl adjacent to an activating group) is 1. The molecule has 0 saturated carbocycles. The topological polar surface area (TPSA) is 83.6 Å². The van der Waals surface area contributed by atoms with Gasteiger partial charge in [-0.2, -0.15) is 0 Å². The maximum absolute atomic E-state index is 11.8. The smallest absolute Gasteiger partial charge is 0.261 e. The van der Waals surface area contributed by atoms with Gasteiger partial charge in [0.2, 0.25) is 11.8 Å². The minimum Gasteiger partial charge on any atom is -0.363 e. The minimum atomic E-state index is -3.82. The van der Waals surface area contributed by atoms with Crippen molar-refractivity contribution in [2.45, 2.75) is 23.8 Å². The first-order valence-electron chi connectivity index (χ1n) is 5.90. The monoisotopic (exact) mass is 316 g/mol. The lowest BCUT2D eigenvalue weighted by Crippen LogP contribution is -2.51. The van der Waals surface area contributed by atoms with Crippen LogP contribution < -0.4 is 10.2 Å². The fraction of sp³-hybridized carbons (Fsp3) is 0.333. The summed E-state index contributed by atoms with van der Waals surface area (Å²) in [5.41, 5.74) is 0.543. The Kier molecular flexibility index (Phi) is 4.01. The summed E-state index contributed by atoms with van der Waals surface area (Å²) in [6.45, 7) is 0. The predicted octanol–water partition coefficient (Wildman–Crippen LogP) is 0.855. The van der Waals surface area contributed by atoms with Crippen LogP contribution in [-0.2, 0) is 18.6 Å². The van der Waals surface area contributed by atoms with E-state index in [4.69, 9.17) is 10.7 Å². The molecule has 1 unspecified atom stereocenters. The van der Waals surface area contributed by atoms with Crippen molar-refractivity contribution in [2.75, 3.05) is 11.9 Å². The van der Waals surface area contributed by atoms with Crippen molar-refractivity contribution < 1.29 is 18.0 Å². The fourth-order valence-corrected chi connectivity index (χ4v) is 2.88. The van der Waals surface area contributed by atoms with Gasteiger partial charge in [0.25, 0.3) is 9.05 Å². The van der Waals surface area contributed by atoms with E-state index in [0.29, 0.717) is 12.1 Å². The van der Waals surface area contributed by atoms with Crippen molar-refractivity contribution in [1.82, 2.24) is 5.32 Å². The van der Waals surface area contributed by atoms with Gasteiger partial charge in [-0.15, -0.1) is 0 Å². The van der Waals surface area contributed by atoms with Crippen LogP contribution in [0, 0.1) is 0 Å². The van der Waals surface area contributed by atoms with Gasteiger partial charge in [0.05, 0.1) is 4.90 Å². The Morgan fingerprint density at radius 2 is 2.05 bits per heavy atom. The average Bonchev–Trinajstić information content (AvgIpc) is 2.37. The Hall–Kier alpha value is -1.60. The van der Waals surface area contributed by atoms with Crippen LogP contribution in [0.15, 0.2) is 29.2 Å². The molecule has 0 radical (unpaired) electrons. The number of benzene rings is 1. The summed E-state index contributed by atoms with van der Waals surface area (Å²) < 4.78 is 22.6. The molecule has 2 amide bonds. The zero-order chi connectivity index (χ0) is 14.9. The van der Waals surface area contributed by atoms with Crippen molar-refractivity contribution in [3.8, 4) is 0 Å². The summed E-state index contributed by atoms with van der Waals surface area (Å²) >= 11 is 0. The molecule has 1 fully saturated rings. The molecule has 8 heteroatoms. The second-order valence-corrected chi connectivity index (χ2v) is 7.08. The van der Waals surface area contributed by atoms with Gasteiger partial charge in [-0.3, -0.25) is 14.9 Å². The van der Waals surface area contributed by atoms with E-state index in [1.54, 1.807) is 24.1 Å². The van der Waals surface area contributed by atoms with Gasteiger partial charge < -0.3 is 4.90 Å². The molecule has 0 spiro atoms. The Morgan fingerprint density at radius 3 is 2.65 bits per heavy atom. The molecule has 1 aliphatic rings. The van der Waals surface area contributed by atoms with Crippen LogP contribution in [0.2, 0.25) is 0 Å². The van der Waals surface area contributed by atoms with Gasteiger partial charge in [-0.1, -0.05) is 6.07 Å². The number of piperidine rings is 1. The van der Waals surface area contributed by atoms with E-state index in [1.807, 2.05) is 0 Å². The van der Waals surface area contributed by atoms with Crippen LogP contribution in [0.4, 0.5) is 5.69 Å². The fourth-order valence-electron chi connectivity index (χ4n) is 2.09. The molecule has 0 bridgehead atoms. The highest BCUT2D eigenvalue weighted by Gasteiger charge is 2.30.